The molecule has 1 aliphatic heterocycles. The number of ether oxygens (including phenoxy) is 2. The van der Waals surface area contributed by atoms with Crippen LogP contribution in [0.25, 0.3) is 0 Å². The zero-order valence-electron chi connectivity index (χ0n) is 13.5. The molecule has 10 heteroatoms. The van der Waals surface area contributed by atoms with Crippen LogP contribution < -0.4 is 5.32 Å². The Balaban J connectivity index is 2.40. The summed E-state index contributed by atoms with van der Waals surface area (Å²) >= 11 is 0. The zero-order valence-corrected chi connectivity index (χ0v) is 13.5. The number of carbonyl (C=O) groups excluding carboxylic acids is 2. The number of nitro groups is 1. The highest BCUT2D eigenvalue weighted by molar-refractivity contribution is 6.15. The monoisotopic (exact) mass is 350 g/mol. The zero-order chi connectivity index (χ0) is 18.9. The van der Waals surface area contributed by atoms with E-state index in [1.807, 2.05) is 0 Å². The van der Waals surface area contributed by atoms with Crippen molar-refractivity contribution < 1.29 is 33.9 Å². The summed E-state index contributed by atoms with van der Waals surface area (Å²) < 4.78 is 9.81. The number of nitrogens with one attached hydrogen (secondary N) is 1. The van der Waals surface area contributed by atoms with E-state index in [1.165, 1.54) is 20.8 Å². The number of aromatic carboxylic acids is 1. The van der Waals surface area contributed by atoms with Crippen molar-refractivity contribution in [2.24, 2.45) is 0 Å². The number of carbonyl (C=O) groups is 3. The van der Waals surface area contributed by atoms with E-state index in [4.69, 9.17) is 14.6 Å². The summed E-state index contributed by atoms with van der Waals surface area (Å²) in [5.41, 5.74) is -1.03. The van der Waals surface area contributed by atoms with Crippen LogP contribution in [0.3, 0.4) is 0 Å². The third-order valence-electron chi connectivity index (χ3n) is 3.31. The molecule has 1 fully saturated rings. The standard InChI is InChI=1S/C15H14N2O8/c1-7-10(4-8(12(18)19)5-11(7)17(22)23)16-6-9-13(20)24-15(2,3)25-14(9)21/h4-6,16H,1-3H3,(H,18,19). The van der Waals surface area contributed by atoms with E-state index in [0.717, 1.165) is 18.3 Å². The molecule has 0 saturated carbocycles. The number of carboxylic acid groups (broad SMARTS) is 1. The van der Waals surface area contributed by atoms with Crippen molar-refractivity contribution in [1.82, 2.24) is 0 Å². The number of benzene rings is 1. The van der Waals surface area contributed by atoms with Gasteiger partial charge in [-0.3, -0.25) is 10.1 Å². The Morgan fingerprint density at radius 3 is 2.32 bits per heavy atom. The Morgan fingerprint density at radius 2 is 1.84 bits per heavy atom. The second-order valence-electron chi connectivity index (χ2n) is 5.61. The van der Waals surface area contributed by atoms with Gasteiger partial charge in [0.05, 0.1) is 16.1 Å². The predicted molar refractivity (Wildman–Crippen MR) is 82.8 cm³/mol. The maximum atomic E-state index is 11.8. The Morgan fingerprint density at radius 1 is 1.28 bits per heavy atom. The lowest BCUT2D eigenvalue weighted by atomic mass is 10.1. The molecule has 0 aromatic heterocycles. The van der Waals surface area contributed by atoms with Gasteiger partial charge in [-0.1, -0.05) is 0 Å². The van der Waals surface area contributed by atoms with Gasteiger partial charge in [-0.15, -0.1) is 0 Å². The highest BCUT2D eigenvalue weighted by Crippen LogP contribution is 2.29. The van der Waals surface area contributed by atoms with E-state index in [2.05, 4.69) is 5.32 Å². The van der Waals surface area contributed by atoms with Crippen molar-refractivity contribution in [1.29, 1.82) is 0 Å². The summed E-state index contributed by atoms with van der Waals surface area (Å²) in [7, 11) is 0. The molecular formula is C15H14N2O8. The fraction of sp³-hybridized carbons (Fsp3) is 0.267. The first-order valence-corrected chi connectivity index (χ1v) is 6.97. The molecule has 0 radical (unpaired) electrons. The minimum Gasteiger partial charge on any atom is -0.478 e. The summed E-state index contributed by atoms with van der Waals surface area (Å²) in [4.78, 5) is 45.1. The molecule has 1 saturated heterocycles. The van der Waals surface area contributed by atoms with E-state index < -0.39 is 39.9 Å². The molecule has 0 amide bonds. The van der Waals surface area contributed by atoms with Crippen molar-refractivity contribution in [3.63, 3.8) is 0 Å². The third-order valence-corrected chi connectivity index (χ3v) is 3.31. The van der Waals surface area contributed by atoms with Gasteiger partial charge in [0.15, 0.2) is 5.57 Å². The highest BCUT2D eigenvalue weighted by Gasteiger charge is 2.39. The average Bonchev–Trinajstić information content (AvgIpc) is 2.45. The van der Waals surface area contributed by atoms with Gasteiger partial charge in [0.25, 0.3) is 11.5 Å². The summed E-state index contributed by atoms with van der Waals surface area (Å²) in [6.07, 6.45) is 0.956. The molecule has 25 heavy (non-hydrogen) atoms. The molecule has 0 spiro atoms. The number of hydrogen-bond acceptors (Lipinski definition) is 8. The van der Waals surface area contributed by atoms with Crippen molar-refractivity contribution in [3.8, 4) is 0 Å². The summed E-state index contributed by atoms with van der Waals surface area (Å²) in [6.45, 7) is 4.17. The molecule has 2 rings (SSSR count). The first kappa shape index (κ1) is 17.9. The third kappa shape index (κ3) is 3.74. The minimum absolute atomic E-state index is 0.0459. The Hall–Kier alpha value is -3.43. The molecule has 1 aliphatic rings. The SMILES string of the molecule is Cc1c(NC=C2C(=O)OC(C)(C)OC2=O)cc(C(=O)O)cc1[N+](=O)[O-]. The van der Waals surface area contributed by atoms with Crippen LogP contribution in [-0.4, -0.2) is 33.7 Å². The van der Waals surface area contributed by atoms with Crippen LogP contribution in [0.1, 0.15) is 29.8 Å². The lowest BCUT2D eigenvalue weighted by Gasteiger charge is -2.29. The van der Waals surface area contributed by atoms with Crippen LogP contribution in [0.5, 0.6) is 0 Å². The Kier molecular flexibility index (Phi) is 4.46. The van der Waals surface area contributed by atoms with Crippen molar-refractivity contribution in [2.75, 3.05) is 5.32 Å². The van der Waals surface area contributed by atoms with Crippen LogP contribution in [0.15, 0.2) is 23.9 Å². The first-order valence-electron chi connectivity index (χ1n) is 6.97. The van der Waals surface area contributed by atoms with E-state index >= 15 is 0 Å². The van der Waals surface area contributed by atoms with Gasteiger partial charge in [0.1, 0.15) is 0 Å². The number of rotatable bonds is 4. The van der Waals surface area contributed by atoms with Crippen molar-refractivity contribution in [2.45, 2.75) is 26.6 Å². The van der Waals surface area contributed by atoms with Gasteiger partial charge < -0.3 is 19.9 Å². The lowest BCUT2D eigenvalue weighted by molar-refractivity contribution is -0.385. The smallest absolute Gasteiger partial charge is 0.350 e. The summed E-state index contributed by atoms with van der Waals surface area (Å²) in [5, 5.41) is 22.6. The molecule has 1 aromatic carbocycles. The molecular weight excluding hydrogens is 336 g/mol. The second kappa shape index (κ2) is 6.23. The molecule has 132 valence electrons. The van der Waals surface area contributed by atoms with Gasteiger partial charge in [-0.2, -0.15) is 0 Å². The van der Waals surface area contributed by atoms with E-state index in [-0.39, 0.29) is 16.8 Å². The van der Waals surface area contributed by atoms with Gasteiger partial charge in [-0.25, -0.2) is 14.4 Å². The molecule has 0 aliphatic carbocycles. The molecule has 0 bridgehead atoms. The molecule has 1 aromatic rings. The topological polar surface area (TPSA) is 145 Å². The number of nitro benzene ring substituents is 1. The number of anilines is 1. The molecule has 0 atom stereocenters. The van der Waals surface area contributed by atoms with Crippen LogP contribution in [-0.2, 0) is 19.1 Å². The molecule has 2 N–H and O–H groups in total. The van der Waals surface area contributed by atoms with E-state index in [9.17, 15) is 24.5 Å². The van der Waals surface area contributed by atoms with Crippen LogP contribution in [0.2, 0.25) is 0 Å². The number of nitrogens with zero attached hydrogens (tertiary/aromatic N) is 1. The Bertz CT molecular complexity index is 803. The maximum Gasteiger partial charge on any atom is 0.350 e. The minimum atomic E-state index is -1.40. The number of esters is 2. The van der Waals surface area contributed by atoms with Crippen molar-refractivity contribution in [3.05, 3.63) is 45.1 Å². The van der Waals surface area contributed by atoms with Gasteiger partial charge >= 0.3 is 17.9 Å². The van der Waals surface area contributed by atoms with Gasteiger partial charge in [0, 0.05) is 31.8 Å². The van der Waals surface area contributed by atoms with Gasteiger partial charge in [0.2, 0.25) is 0 Å². The molecule has 0 unspecified atom stereocenters. The van der Waals surface area contributed by atoms with Crippen LogP contribution in [0, 0.1) is 17.0 Å². The summed E-state index contributed by atoms with van der Waals surface area (Å²) in [6, 6.07) is 2.06. The van der Waals surface area contributed by atoms with Crippen LogP contribution in [0.4, 0.5) is 11.4 Å². The number of hydrogen-bond donors (Lipinski definition) is 2. The fourth-order valence-corrected chi connectivity index (χ4v) is 2.09. The van der Waals surface area contributed by atoms with E-state index in [0.29, 0.717) is 0 Å². The number of cyclic esters (lactones) is 2. The average molecular weight is 350 g/mol. The van der Waals surface area contributed by atoms with E-state index in [1.54, 1.807) is 0 Å². The van der Waals surface area contributed by atoms with Gasteiger partial charge in [-0.05, 0) is 13.0 Å². The predicted octanol–water partition coefficient (Wildman–Crippen LogP) is 1.73. The van der Waals surface area contributed by atoms with Crippen LogP contribution >= 0.6 is 0 Å². The molecule has 10 nitrogen and oxygen atoms in total. The lowest BCUT2D eigenvalue weighted by Crippen LogP contribution is -2.42. The quantitative estimate of drug-likeness (QED) is 0.272. The fourth-order valence-electron chi connectivity index (χ4n) is 2.09. The maximum absolute atomic E-state index is 11.8. The summed E-state index contributed by atoms with van der Waals surface area (Å²) in [5.74, 6) is -4.63. The molecule has 1 heterocycles. The Labute approximate surface area is 141 Å². The van der Waals surface area contributed by atoms with Crippen molar-refractivity contribution >= 4 is 29.3 Å². The largest absolute Gasteiger partial charge is 0.478 e. The normalized spacial score (nSPS) is 15.9. The second-order valence-corrected chi connectivity index (χ2v) is 5.61. The number of carboxylic acids is 1. The first-order chi connectivity index (χ1) is 11.5. The highest BCUT2D eigenvalue weighted by atomic mass is 16.7.